The summed E-state index contributed by atoms with van der Waals surface area (Å²) in [5, 5.41) is 0. The fourth-order valence-corrected chi connectivity index (χ4v) is 2.76. The highest BCUT2D eigenvalue weighted by molar-refractivity contribution is 5.84. The minimum atomic E-state index is -4.37. The smallest absolute Gasteiger partial charge is 0.392 e. The molecule has 2 unspecified atom stereocenters. The van der Waals surface area contributed by atoms with E-state index in [0.717, 1.165) is 4.90 Å². The number of rotatable bonds is 5. The molecule has 0 aromatic carbocycles. The molecule has 122 valence electrons. The quantitative estimate of drug-likeness (QED) is 0.734. The van der Waals surface area contributed by atoms with E-state index in [2.05, 4.69) is 0 Å². The van der Waals surface area contributed by atoms with Crippen molar-refractivity contribution in [2.24, 2.45) is 11.8 Å². The molecule has 2 atom stereocenters. The molecule has 0 N–H and O–H groups in total. The molecule has 1 fully saturated rings. The van der Waals surface area contributed by atoms with E-state index in [4.69, 9.17) is 4.74 Å². The predicted molar refractivity (Wildman–Crippen MR) is 70.4 cm³/mol. The van der Waals surface area contributed by atoms with E-state index in [1.165, 1.54) is 0 Å². The molecule has 0 aliphatic heterocycles. The van der Waals surface area contributed by atoms with Crippen molar-refractivity contribution in [1.82, 2.24) is 4.90 Å². The van der Waals surface area contributed by atoms with Gasteiger partial charge in [0.05, 0.1) is 12.5 Å². The van der Waals surface area contributed by atoms with Crippen LogP contribution in [0.25, 0.3) is 0 Å². The standard InChI is InChI=1S/C14H22F3NO3/c1-3-18(9-12(19)21-4-2)13(20)10-7-5-6-8-11(10)14(15,16)17/h10-11H,3-9H2,1-2H3. The molecular formula is C14H22F3NO3. The number of carbonyl (C=O) groups is 2. The van der Waals surface area contributed by atoms with Crippen molar-refractivity contribution in [2.75, 3.05) is 19.7 Å². The fourth-order valence-electron chi connectivity index (χ4n) is 2.76. The summed E-state index contributed by atoms with van der Waals surface area (Å²) in [6.45, 7) is 3.36. The molecule has 1 aliphatic carbocycles. The first-order chi connectivity index (χ1) is 9.81. The monoisotopic (exact) mass is 309 g/mol. The van der Waals surface area contributed by atoms with Gasteiger partial charge in [0, 0.05) is 12.5 Å². The highest BCUT2D eigenvalue weighted by Gasteiger charge is 2.48. The second kappa shape index (κ2) is 7.66. The van der Waals surface area contributed by atoms with Crippen LogP contribution in [-0.4, -0.2) is 42.6 Å². The normalized spacial score (nSPS) is 22.7. The van der Waals surface area contributed by atoms with E-state index in [-0.39, 0.29) is 32.5 Å². The van der Waals surface area contributed by atoms with Gasteiger partial charge in [-0.25, -0.2) is 0 Å². The molecule has 0 spiro atoms. The van der Waals surface area contributed by atoms with Gasteiger partial charge in [0.2, 0.25) is 5.91 Å². The van der Waals surface area contributed by atoms with Gasteiger partial charge < -0.3 is 9.64 Å². The highest BCUT2D eigenvalue weighted by atomic mass is 19.4. The van der Waals surface area contributed by atoms with Gasteiger partial charge in [0.1, 0.15) is 6.54 Å². The highest BCUT2D eigenvalue weighted by Crippen LogP contribution is 2.42. The lowest BCUT2D eigenvalue weighted by atomic mass is 9.78. The Morgan fingerprint density at radius 1 is 1.19 bits per heavy atom. The lowest BCUT2D eigenvalue weighted by Crippen LogP contribution is -2.46. The van der Waals surface area contributed by atoms with Gasteiger partial charge in [-0.3, -0.25) is 9.59 Å². The molecule has 0 radical (unpaired) electrons. The van der Waals surface area contributed by atoms with Crippen LogP contribution in [-0.2, 0) is 14.3 Å². The van der Waals surface area contributed by atoms with Gasteiger partial charge >= 0.3 is 12.1 Å². The largest absolute Gasteiger partial charge is 0.465 e. The molecule has 0 heterocycles. The van der Waals surface area contributed by atoms with Crippen LogP contribution in [0.15, 0.2) is 0 Å². The topological polar surface area (TPSA) is 46.6 Å². The lowest BCUT2D eigenvalue weighted by Gasteiger charge is -2.35. The Bertz CT molecular complexity index is 371. The molecule has 1 saturated carbocycles. The van der Waals surface area contributed by atoms with E-state index in [9.17, 15) is 22.8 Å². The Morgan fingerprint density at radius 2 is 1.81 bits per heavy atom. The van der Waals surface area contributed by atoms with Crippen molar-refractivity contribution in [3.63, 3.8) is 0 Å². The average molecular weight is 309 g/mol. The lowest BCUT2D eigenvalue weighted by molar-refractivity contribution is -0.201. The minimum absolute atomic E-state index is 0.0170. The number of alkyl halides is 3. The summed E-state index contributed by atoms with van der Waals surface area (Å²) in [5.41, 5.74) is 0. The van der Waals surface area contributed by atoms with Crippen LogP contribution < -0.4 is 0 Å². The first-order valence-corrected chi connectivity index (χ1v) is 7.32. The van der Waals surface area contributed by atoms with E-state index in [0.29, 0.717) is 12.8 Å². The van der Waals surface area contributed by atoms with Crippen molar-refractivity contribution in [3.8, 4) is 0 Å². The third-order valence-electron chi connectivity index (χ3n) is 3.82. The Labute approximate surface area is 122 Å². The zero-order chi connectivity index (χ0) is 16.0. The third-order valence-corrected chi connectivity index (χ3v) is 3.82. The molecule has 0 bridgehead atoms. The van der Waals surface area contributed by atoms with Crippen molar-refractivity contribution in [3.05, 3.63) is 0 Å². The molecule has 0 saturated heterocycles. The summed E-state index contributed by atoms with van der Waals surface area (Å²) in [5.74, 6) is -3.86. The van der Waals surface area contributed by atoms with Gasteiger partial charge in [-0.05, 0) is 26.7 Å². The molecule has 4 nitrogen and oxygen atoms in total. The summed E-state index contributed by atoms with van der Waals surface area (Å²) in [6.07, 6.45) is -3.07. The molecular weight excluding hydrogens is 287 g/mol. The summed E-state index contributed by atoms with van der Waals surface area (Å²) in [7, 11) is 0. The maximum atomic E-state index is 13.0. The van der Waals surface area contributed by atoms with Gasteiger partial charge in [-0.15, -0.1) is 0 Å². The van der Waals surface area contributed by atoms with Crippen LogP contribution in [0.3, 0.4) is 0 Å². The van der Waals surface area contributed by atoms with Crippen molar-refractivity contribution in [1.29, 1.82) is 0 Å². The number of carbonyl (C=O) groups excluding carboxylic acids is 2. The Kier molecular flexibility index (Phi) is 6.48. The summed E-state index contributed by atoms with van der Waals surface area (Å²) >= 11 is 0. The molecule has 0 aromatic rings. The van der Waals surface area contributed by atoms with Crippen LogP contribution in [0.5, 0.6) is 0 Å². The second-order valence-corrected chi connectivity index (χ2v) is 5.20. The van der Waals surface area contributed by atoms with Crippen LogP contribution in [0.4, 0.5) is 13.2 Å². The zero-order valence-corrected chi connectivity index (χ0v) is 12.4. The maximum absolute atomic E-state index is 13.0. The van der Waals surface area contributed by atoms with Crippen molar-refractivity contribution >= 4 is 11.9 Å². The van der Waals surface area contributed by atoms with Crippen molar-refractivity contribution < 1.29 is 27.5 Å². The van der Waals surface area contributed by atoms with Crippen LogP contribution in [0, 0.1) is 11.8 Å². The second-order valence-electron chi connectivity index (χ2n) is 5.20. The Morgan fingerprint density at radius 3 is 2.33 bits per heavy atom. The predicted octanol–water partition coefficient (Wildman–Crippen LogP) is 2.77. The number of halogens is 3. The fraction of sp³-hybridized carbons (Fsp3) is 0.857. The van der Waals surface area contributed by atoms with Crippen LogP contribution >= 0.6 is 0 Å². The van der Waals surface area contributed by atoms with E-state index < -0.39 is 29.9 Å². The van der Waals surface area contributed by atoms with Gasteiger partial charge in [-0.2, -0.15) is 13.2 Å². The number of nitrogens with zero attached hydrogens (tertiary/aromatic N) is 1. The number of esters is 1. The molecule has 0 aromatic heterocycles. The number of ether oxygens (including phenoxy) is 1. The number of hydrogen-bond donors (Lipinski definition) is 0. The van der Waals surface area contributed by atoms with Crippen molar-refractivity contribution in [2.45, 2.75) is 45.7 Å². The zero-order valence-electron chi connectivity index (χ0n) is 12.4. The minimum Gasteiger partial charge on any atom is -0.465 e. The first kappa shape index (κ1) is 17.8. The third kappa shape index (κ3) is 4.89. The number of amides is 1. The number of likely N-dealkylation sites (N-methyl/N-ethyl adjacent to an activating group) is 1. The molecule has 1 aliphatic rings. The van der Waals surface area contributed by atoms with E-state index in [1.807, 2.05) is 0 Å². The van der Waals surface area contributed by atoms with Gasteiger partial charge in [0.15, 0.2) is 0 Å². The van der Waals surface area contributed by atoms with Gasteiger partial charge in [-0.1, -0.05) is 12.8 Å². The maximum Gasteiger partial charge on any atom is 0.392 e. The summed E-state index contributed by atoms with van der Waals surface area (Å²) in [4.78, 5) is 24.9. The van der Waals surface area contributed by atoms with E-state index >= 15 is 0 Å². The van der Waals surface area contributed by atoms with Crippen LogP contribution in [0.1, 0.15) is 39.5 Å². The molecule has 21 heavy (non-hydrogen) atoms. The summed E-state index contributed by atoms with van der Waals surface area (Å²) in [6, 6.07) is 0. The molecule has 1 amide bonds. The Balaban J connectivity index is 2.79. The van der Waals surface area contributed by atoms with Crippen LogP contribution in [0.2, 0.25) is 0 Å². The van der Waals surface area contributed by atoms with E-state index in [1.54, 1.807) is 13.8 Å². The molecule has 7 heteroatoms. The average Bonchev–Trinajstić information content (AvgIpc) is 2.43. The Hall–Kier alpha value is -1.27. The molecule has 1 rings (SSSR count). The number of hydrogen-bond acceptors (Lipinski definition) is 3. The SMILES string of the molecule is CCOC(=O)CN(CC)C(=O)C1CCCCC1C(F)(F)F. The van der Waals surface area contributed by atoms with Gasteiger partial charge in [0.25, 0.3) is 0 Å². The summed E-state index contributed by atoms with van der Waals surface area (Å²) < 4.78 is 43.9. The first-order valence-electron chi connectivity index (χ1n) is 7.32.